The van der Waals surface area contributed by atoms with E-state index in [0.29, 0.717) is 29.4 Å². The maximum Gasteiger partial charge on any atom is 0.231 e. The molecule has 0 atom stereocenters. The van der Waals surface area contributed by atoms with Gasteiger partial charge in [0.25, 0.3) is 0 Å². The van der Waals surface area contributed by atoms with Crippen molar-refractivity contribution in [3.05, 3.63) is 99.2 Å². The molecule has 3 aromatic carbocycles. The predicted molar refractivity (Wildman–Crippen MR) is 123 cm³/mol. The zero-order chi connectivity index (χ0) is 21.3. The van der Waals surface area contributed by atoms with Crippen molar-refractivity contribution < 1.29 is 14.3 Å². The molecule has 4 heteroatoms. The highest BCUT2D eigenvalue weighted by Gasteiger charge is 2.27. The van der Waals surface area contributed by atoms with Gasteiger partial charge in [-0.2, -0.15) is 0 Å². The number of ketones is 1. The Balaban J connectivity index is 1.48. The molecule has 0 radical (unpaired) electrons. The number of Topliss-reactive ketones (excluding diaryl/α,β-unsaturated/α-hetero) is 1. The third-order valence-corrected chi connectivity index (χ3v) is 5.56. The van der Waals surface area contributed by atoms with Gasteiger partial charge in [0, 0.05) is 10.5 Å². The normalized spacial score (nSPS) is 14.5. The molecule has 0 bridgehead atoms. The lowest BCUT2D eigenvalue weighted by Gasteiger charge is -2.18. The van der Waals surface area contributed by atoms with E-state index in [9.17, 15) is 4.79 Å². The van der Waals surface area contributed by atoms with Crippen LogP contribution in [0.4, 0.5) is 0 Å². The number of rotatable bonds is 4. The van der Waals surface area contributed by atoms with Gasteiger partial charge in [-0.3, -0.25) is 4.79 Å². The topological polar surface area (TPSA) is 35.5 Å². The van der Waals surface area contributed by atoms with Crippen LogP contribution in [0.15, 0.2) is 77.0 Å². The van der Waals surface area contributed by atoms with E-state index in [4.69, 9.17) is 9.47 Å². The lowest BCUT2D eigenvalue weighted by Crippen LogP contribution is -2.10. The van der Waals surface area contributed by atoms with Crippen LogP contribution in [-0.2, 0) is 12.0 Å². The molecule has 0 aliphatic carbocycles. The molecule has 0 saturated carbocycles. The second-order valence-electron chi connectivity index (χ2n) is 8.38. The number of halogens is 1. The van der Waals surface area contributed by atoms with Gasteiger partial charge in [-0.25, -0.2) is 0 Å². The summed E-state index contributed by atoms with van der Waals surface area (Å²) in [6, 6.07) is 21.5. The van der Waals surface area contributed by atoms with Gasteiger partial charge in [0.15, 0.2) is 5.76 Å². The molecule has 4 rings (SSSR count). The van der Waals surface area contributed by atoms with Gasteiger partial charge in [-0.15, -0.1) is 0 Å². The van der Waals surface area contributed by atoms with Crippen molar-refractivity contribution in [2.24, 2.45) is 0 Å². The molecule has 0 aromatic heterocycles. The van der Waals surface area contributed by atoms with E-state index in [0.717, 1.165) is 15.6 Å². The summed E-state index contributed by atoms with van der Waals surface area (Å²) in [6.45, 7) is 6.98. The zero-order valence-corrected chi connectivity index (χ0v) is 18.8. The minimum absolute atomic E-state index is 0.0915. The van der Waals surface area contributed by atoms with E-state index in [-0.39, 0.29) is 11.2 Å². The van der Waals surface area contributed by atoms with Crippen molar-refractivity contribution in [2.75, 3.05) is 0 Å². The highest BCUT2D eigenvalue weighted by Crippen LogP contribution is 2.35. The van der Waals surface area contributed by atoms with Crippen LogP contribution in [0.1, 0.15) is 47.8 Å². The predicted octanol–water partition coefficient (Wildman–Crippen LogP) is 6.94. The highest BCUT2D eigenvalue weighted by atomic mass is 79.9. The first kappa shape index (κ1) is 20.4. The Morgan fingerprint density at radius 3 is 2.33 bits per heavy atom. The van der Waals surface area contributed by atoms with Crippen LogP contribution in [0.5, 0.6) is 11.5 Å². The zero-order valence-electron chi connectivity index (χ0n) is 17.2. The summed E-state index contributed by atoms with van der Waals surface area (Å²) >= 11 is 3.43. The Labute approximate surface area is 185 Å². The quantitative estimate of drug-likeness (QED) is 0.393. The molecule has 1 aliphatic rings. The van der Waals surface area contributed by atoms with Crippen molar-refractivity contribution in [1.29, 1.82) is 0 Å². The third kappa shape index (κ3) is 4.49. The maximum absolute atomic E-state index is 12.7. The maximum atomic E-state index is 12.7. The summed E-state index contributed by atoms with van der Waals surface area (Å²) in [5.41, 5.74) is 3.90. The van der Waals surface area contributed by atoms with E-state index < -0.39 is 0 Å². The van der Waals surface area contributed by atoms with E-state index in [1.807, 2.05) is 36.4 Å². The molecule has 1 aliphatic heterocycles. The van der Waals surface area contributed by atoms with Gasteiger partial charge < -0.3 is 9.47 Å². The number of allylic oxidation sites excluding steroid dienone is 1. The fourth-order valence-electron chi connectivity index (χ4n) is 3.24. The number of carbonyl (C=O) groups is 1. The smallest absolute Gasteiger partial charge is 0.231 e. The molecular weight excluding hydrogens is 440 g/mol. The Hall–Kier alpha value is -2.85. The minimum atomic E-state index is -0.107. The van der Waals surface area contributed by atoms with Gasteiger partial charge in [0.05, 0.1) is 5.56 Å². The first-order valence-corrected chi connectivity index (χ1v) is 10.6. The summed E-state index contributed by atoms with van der Waals surface area (Å²) in [6.07, 6.45) is 1.79. The van der Waals surface area contributed by atoms with Crippen molar-refractivity contribution in [3.8, 4) is 11.5 Å². The van der Waals surface area contributed by atoms with Crippen molar-refractivity contribution in [3.63, 3.8) is 0 Å². The first-order chi connectivity index (χ1) is 14.3. The SMILES string of the molecule is CC(C)(C)c1ccc(C=C2Oc3cc(OCc4ccc(Br)cc4)ccc3C2=O)cc1. The Kier molecular flexibility index (Phi) is 5.52. The average Bonchev–Trinajstić information content (AvgIpc) is 3.02. The molecule has 0 N–H and O–H groups in total. The van der Waals surface area contributed by atoms with E-state index in [1.165, 1.54) is 5.56 Å². The van der Waals surface area contributed by atoms with Crippen LogP contribution in [-0.4, -0.2) is 5.78 Å². The van der Waals surface area contributed by atoms with E-state index in [2.05, 4.69) is 48.8 Å². The van der Waals surface area contributed by atoms with Crippen LogP contribution in [0.3, 0.4) is 0 Å². The molecular formula is C26H23BrO3. The largest absolute Gasteiger partial charge is 0.489 e. The van der Waals surface area contributed by atoms with Crippen LogP contribution in [0.2, 0.25) is 0 Å². The molecule has 0 unspecified atom stereocenters. The summed E-state index contributed by atoms with van der Waals surface area (Å²) in [5, 5.41) is 0. The average molecular weight is 463 g/mol. The van der Waals surface area contributed by atoms with Gasteiger partial charge in [0.2, 0.25) is 5.78 Å². The van der Waals surface area contributed by atoms with Gasteiger partial charge >= 0.3 is 0 Å². The number of hydrogen-bond acceptors (Lipinski definition) is 3. The number of fused-ring (bicyclic) bond motifs is 1. The highest BCUT2D eigenvalue weighted by molar-refractivity contribution is 9.10. The number of benzene rings is 3. The molecule has 0 spiro atoms. The summed E-state index contributed by atoms with van der Waals surface area (Å²) in [4.78, 5) is 12.7. The van der Waals surface area contributed by atoms with Crippen LogP contribution in [0.25, 0.3) is 6.08 Å². The summed E-state index contributed by atoms with van der Waals surface area (Å²) in [7, 11) is 0. The fraction of sp³-hybridized carbons (Fsp3) is 0.192. The minimum Gasteiger partial charge on any atom is -0.489 e. The number of hydrogen-bond donors (Lipinski definition) is 0. The standard InChI is InChI=1S/C26H23BrO3/c1-26(2,3)19-8-4-17(5-9-19)14-24-25(28)22-13-12-21(15-23(22)30-24)29-16-18-6-10-20(27)11-7-18/h4-15H,16H2,1-3H3. The van der Waals surface area contributed by atoms with E-state index in [1.54, 1.807) is 24.3 Å². The third-order valence-electron chi connectivity index (χ3n) is 5.03. The number of ether oxygens (including phenoxy) is 2. The fourth-order valence-corrected chi connectivity index (χ4v) is 3.50. The lowest BCUT2D eigenvalue weighted by molar-refractivity contribution is 0.101. The second-order valence-corrected chi connectivity index (χ2v) is 9.30. The Morgan fingerprint density at radius 2 is 1.67 bits per heavy atom. The molecule has 3 nitrogen and oxygen atoms in total. The first-order valence-electron chi connectivity index (χ1n) is 9.86. The molecule has 152 valence electrons. The monoisotopic (exact) mass is 462 g/mol. The Bertz CT molecular complexity index is 1100. The molecule has 30 heavy (non-hydrogen) atoms. The second kappa shape index (κ2) is 8.11. The molecule has 0 fully saturated rings. The molecule has 0 saturated heterocycles. The molecule has 0 amide bonds. The lowest BCUT2D eigenvalue weighted by atomic mass is 9.86. The van der Waals surface area contributed by atoms with Crippen LogP contribution in [0, 0.1) is 0 Å². The number of carbonyl (C=O) groups excluding carboxylic acids is 1. The summed E-state index contributed by atoms with van der Waals surface area (Å²) in [5.74, 6) is 1.43. The van der Waals surface area contributed by atoms with E-state index >= 15 is 0 Å². The van der Waals surface area contributed by atoms with Gasteiger partial charge in [-0.05, 0) is 52.4 Å². The van der Waals surface area contributed by atoms with Crippen LogP contribution < -0.4 is 9.47 Å². The Morgan fingerprint density at radius 1 is 0.967 bits per heavy atom. The van der Waals surface area contributed by atoms with Crippen LogP contribution >= 0.6 is 15.9 Å². The molecule has 3 aromatic rings. The molecule has 1 heterocycles. The van der Waals surface area contributed by atoms with Crippen molar-refractivity contribution >= 4 is 27.8 Å². The summed E-state index contributed by atoms with van der Waals surface area (Å²) < 4.78 is 12.7. The van der Waals surface area contributed by atoms with Gasteiger partial charge in [-0.1, -0.05) is 73.1 Å². The van der Waals surface area contributed by atoms with Crippen molar-refractivity contribution in [2.45, 2.75) is 32.8 Å². The van der Waals surface area contributed by atoms with Gasteiger partial charge in [0.1, 0.15) is 18.1 Å². The van der Waals surface area contributed by atoms with Crippen molar-refractivity contribution in [1.82, 2.24) is 0 Å².